The van der Waals surface area contributed by atoms with Crippen molar-refractivity contribution in [2.45, 2.75) is 30.8 Å². The molecule has 1 aliphatic rings. The summed E-state index contributed by atoms with van der Waals surface area (Å²) < 4.78 is 0.233. The van der Waals surface area contributed by atoms with E-state index in [9.17, 15) is 0 Å². The lowest BCUT2D eigenvalue weighted by molar-refractivity contribution is 0.789. The number of thioether (sulfide) groups is 1. The van der Waals surface area contributed by atoms with Crippen LogP contribution in [0.15, 0.2) is 48.2 Å². The van der Waals surface area contributed by atoms with Gasteiger partial charge in [-0.15, -0.1) is 11.8 Å². The van der Waals surface area contributed by atoms with Gasteiger partial charge in [-0.3, -0.25) is 4.98 Å². The van der Waals surface area contributed by atoms with Crippen LogP contribution < -0.4 is 0 Å². The van der Waals surface area contributed by atoms with Crippen LogP contribution in [0.4, 0.5) is 0 Å². The summed E-state index contributed by atoms with van der Waals surface area (Å²) in [6.45, 7) is 4.44. The molecule has 1 aromatic rings. The van der Waals surface area contributed by atoms with Crippen molar-refractivity contribution in [1.29, 1.82) is 0 Å². The van der Waals surface area contributed by atoms with E-state index in [0.29, 0.717) is 0 Å². The number of nitrogens with zero attached hydrogens (tertiary/aromatic N) is 1. The van der Waals surface area contributed by atoms with E-state index >= 15 is 0 Å². The molecule has 0 aromatic carbocycles. The fourth-order valence-corrected chi connectivity index (χ4v) is 2.65. The van der Waals surface area contributed by atoms with Crippen LogP contribution in [0.25, 0.3) is 0 Å². The van der Waals surface area contributed by atoms with Crippen LogP contribution in [0.5, 0.6) is 0 Å². The molecule has 0 saturated carbocycles. The molecule has 1 nitrogen and oxygen atoms in total. The van der Waals surface area contributed by atoms with Gasteiger partial charge < -0.3 is 0 Å². The molecule has 84 valence electrons. The predicted molar refractivity (Wildman–Crippen MR) is 71.5 cm³/mol. The Morgan fingerprint density at radius 3 is 2.94 bits per heavy atom. The van der Waals surface area contributed by atoms with Crippen molar-refractivity contribution in [1.82, 2.24) is 4.98 Å². The molecule has 2 rings (SSSR count). The minimum Gasteiger partial charge on any atom is -0.260 e. The molecule has 1 aromatic heterocycles. The lowest BCUT2D eigenvalue weighted by atomic mass is 9.98. The van der Waals surface area contributed by atoms with Crippen LogP contribution in [-0.2, 0) is 5.75 Å². The van der Waals surface area contributed by atoms with Crippen molar-refractivity contribution < 1.29 is 0 Å². The zero-order valence-electron chi connectivity index (χ0n) is 9.81. The minimum atomic E-state index is 0.233. The van der Waals surface area contributed by atoms with E-state index in [1.807, 2.05) is 30.1 Å². The van der Waals surface area contributed by atoms with Gasteiger partial charge in [-0.25, -0.2) is 0 Å². The topological polar surface area (TPSA) is 12.9 Å². The fourth-order valence-electron chi connectivity index (χ4n) is 1.64. The van der Waals surface area contributed by atoms with Gasteiger partial charge in [0.05, 0.1) is 5.69 Å². The van der Waals surface area contributed by atoms with Gasteiger partial charge >= 0.3 is 0 Å². The molecule has 0 aliphatic heterocycles. The van der Waals surface area contributed by atoms with Crippen molar-refractivity contribution in [2.75, 3.05) is 0 Å². The Labute approximate surface area is 102 Å². The molecule has 1 atom stereocenters. The smallest absolute Gasteiger partial charge is 0.0502 e. The van der Waals surface area contributed by atoms with Crippen LogP contribution in [0.3, 0.4) is 0 Å². The van der Waals surface area contributed by atoms with Gasteiger partial charge in [-0.2, -0.15) is 0 Å². The molecule has 16 heavy (non-hydrogen) atoms. The lowest BCUT2D eigenvalue weighted by Gasteiger charge is -2.26. The highest BCUT2D eigenvalue weighted by molar-refractivity contribution is 8.00. The highest BCUT2D eigenvalue weighted by Crippen LogP contribution is 2.35. The Morgan fingerprint density at radius 1 is 1.44 bits per heavy atom. The van der Waals surface area contributed by atoms with Gasteiger partial charge in [-0.1, -0.05) is 29.9 Å². The quantitative estimate of drug-likeness (QED) is 0.780. The minimum absolute atomic E-state index is 0.233. The maximum absolute atomic E-state index is 4.35. The molecule has 0 fully saturated rings. The average molecular weight is 231 g/mol. The van der Waals surface area contributed by atoms with Gasteiger partial charge in [0, 0.05) is 16.7 Å². The van der Waals surface area contributed by atoms with E-state index < -0.39 is 0 Å². The number of hydrogen-bond donors (Lipinski definition) is 0. The molecule has 0 radical (unpaired) electrons. The standard InChI is InChI=1S/C14H17NS/c1-12-6-8-14(2,9-7-12)16-11-13-5-3-4-10-15-13/h3-8,10H,9,11H2,1-2H3. The summed E-state index contributed by atoms with van der Waals surface area (Å²) >= 11 is 1.96. The summed E-state index contributed by atoms with van der Waals surface area (Å²) in [6, 6.07) is 6.10. The third kappa shape index (κ3) is 2.99. The molecule has 1 aliphatic carbocycles. The van der Waals surface area contributed by atoms with Crippen LogP contribution in [-0.4, -0.2) is 9.73 Å². The largest absolute Gasteiger partial charge is 0.260 e. The van der Waals surface area contributed by atoms with Crippen LogP contribution in [0.1, 0.15) is 26.0 Å². The number of aromatic nitrogens is 1. The first-order valence-electron chi connectivity index (χ1n) is 5.58. The molecule has 0 N–H and O–H groups in total. The number of hydrogen-bond acceptors (Lipinski definition) is 2. The first kappa shape index (κ1) is 11.5. The molecule has 2 heteroatoms. The first-order chi connectivity index (χ1) is 7.68. The second-order valence-corrected chi connectivity index (χ2v) is 5.92. The molecule has 0 saturated heterocycles. The van der Waals surface area contributed by atoms with E-state index in [1.54, 1.807) is 0 Å². The summed E-state index contributed by atoms with van der Waals surface area (Å²) in [5.74, 6) is 0.981. The van der Waals surface area contributed by atoms with Gasteiger partial charge in [0.1, 0.15) is 0 Å². The van der Waals surface area contributed by atoms with Crippen molar-refractivity contribution in [3.63, 3.8) is 0 Å². The summed E-state index contributed by atoms with van der Waals surface area (Å²) in [6.07, 6.45) is 9.82. The van der Waals surface area contributed by atoms with Crippen molar-refractivity contribution in [3.05, 3.63) is 53.9 Å². The van der Waals surface area contributed by atoms with E-state index in [1.165, 1.54) is 5.57 Å². The zero-order valence-corrected chi connectivity index (χ0v) is 10.6. The highest BCUT2D eigenvalue weighted by atomic mass is 32.2. The molecule has 1 unspecified atom stereocenters. The lowest BCUT2D eigenvalue weighted by Crippen LogP contribution is -2.18. The number of pyridine rings is 1. The third-order valence-electron chi connectivity index (χ3n) is 2.80. The summed E-state index contributed by atoms with van der Waals surface area (Å²) in [5.41, 5.74) is 2.53. The maximum Gasteiger partial charge on any atom is 0.0502 e. The van der Waals surface area contributed by atoms with Gasteiger partial charge in [-0.05, 0) is 32.4 Å². The van der Waals surface area contributed by atoms with Crippen molar-refractivity contribution >= 4 is 11.8 Å². The van der Waals surface area contributed by atoms with Gasteiger partial charge in [0.2, 0.25) is 0 Å². The Morgan fingerprint density at radius 2 is 2.31 bits per heavy atom. The SMILES string of the molecule is CC1=CCC(C)(SCc2ccccn2)C=C1. The molecule has 0 spiro atoms. The van der Waals surface area contributed by atoms with E-state index in [0.717, 1.165) is 17.9 Å². The Hall–Kier alpha value is -1.02. The number of rotatable bonds is 3. The van der Waals surface area contributed by atoms with E-state index in [4.69, 9.17) is 0 Å². The molecular formula is C14H17NS. The van der Waals surface area contributed by atoms with E-state index in [-0.39, 0.29) is 4.75 Å². The van der Waals surface area contributed by atoms with Crippen LogP contribution >= 0.6 is 11.8 Å². The Kier molecular flexibility index (Phi) is 3.49. The molecule has 0 bridgehead atoms. The average Bonchev–Trinajstić information content (AvgIpc) is 2.33. The van der Waals surface area contributed by atoms with E-state index in [2.05, 4.69) is 43.1 Å². The summed E-state index contributed by atoms with van der Waals surface area (Å²) in [7, 11) is 0. The molecular weight excluding hydrogens is 214 g/mol. The normalized spacial score (nSPS) is 24.2. The van der Waals surface area contributed by atoms with Gasteiger partial charge in [0.25, 0.3) is 0 Å². The zero-order chi connectivity index (χ0) is 11.4. The Bertz CT molecular complexity index is 408. The summed E-state index contributed by atoms with van der Waals surface area (Å²) in [5, 5.41) is 0. The monoisotopic (exact) mass is 231 g/mol. The first-order valence-corrected chi connectivity index (χ1v) is 6.56. The van der Waals surface area contributed by atoms with Crippen molar-refractivity contribution in [3.8, 4) is 0 Å². The van der Waals surface area contributed by atoms with Crippen LogP contribution in [0.2, 0.25) is 0 Å². The number of allylic oxidation sites excluding steroid dienone is 3. The second kappa shape index (κ2) is 4.88. The fraction of sp³-hybridized carbons (Fsp3) is 0.357. The highest BCUT2D eigenvalue weighted by Gasteiger charge is 2.22. The van der Waals surface area contributed by atoms with Crippen molar-refractivity contribution in [2.24, 2.45) is 0 Å². The third-order valence-corrected chi connectivity index (χ3v) is 4.21. The summed E-state index contributed by atoms with van der Waals surface area (Å²) in [4.78, 5) is 4.35. The predicted octanol–water partition coefficient (Wildman–Crippen LogP) is 3.98. The van der Waals surface area contributed by atoms with Gasteiger partial charge in [0.15, 0.2) is 0 Å². The second-order valence-electron chi connectivity index (χ2n) is 4.41. The Balaban J connectivity index is 1.94. The molecule has 1 heterocycles. The maximum atomic E-state index is 4.35. The van der Waals surface area contributed by atoms with Crippen LogP contribution in [0, 0.1) is 0 Å². The molecule has 0 amide bonds.